The molecule has 148 valence electrons. The van der Waals surface area contributed by atoms with E-state index in [-0.39, 0.29) is 19.3 Å². The molecule has 10 nitrogen and oxygen atoms in total. The van der Waals surface area contributed by atoms with Crippen molar-refractivity contribution in [3.8, 4) is 0 Å². The second kappa shape index (κ2) is 9.53. The fourth-order valence-electron chi connectivity index (χ4n) is 2.37. The predicted octanol–water partition coefficient (Wildman–Crippen LogP) is -0.322. The summed E-state index contributed by atoms with van der Waals surface area (Å²) in [5.41, 5.74) is 5.14. The summed E-state index contributed by atoms with van der Waals surface area (Å²) in [5, 5.41) is 32.0. The average Bonchev–Trinajstić information content (AvgIpc) is 2.56. The number of benzene rings is 1. The van der Waals surface area contributed by atoms with Gasteiger partial charge in [0.25, 0.3) is 0 Å². The van der Waals surface area contributed by atoms with Crippen LogP contribution in [0, 0.1) is 0 Å². The van der Waals surface area contributed by atoms with Crippen molar-refractivity contribution < 1.29 is 34.5 Å². The highest BCUT2D eigenvalue weighted by Gasteiger charge is 2.35. The molecule has 1 amide bonds. The maximum Gasteiger partial charge on any atom is 0.329 e. The summed E-state index contributed by atoms with van der Waals surface area (Å²) in [5.74, 6) is -4.44. The zero-order chi connectivity index (χ0) is 20.6. The molecular weight excluding hydrogens is 358 g/mol. The number of aliphatic carboxylic acids is 3. The molecular formula is C17H23N3O7. The number of nitrogens with one attached hydrogen (secondary N) is 2. The van der Waals surface area contributed by atoms with E-state index in [9.17, 15) is 24.3 Å². The molecule has 0 unspecified atom stereocenters. The number of hydrogen-bond acceptors (Lipinski definition) is 6. The lowest BCUT2D eigenvalue weighted by atomic mass is 9.92. The third kappa shape index (κ3) is 7.32. The standard InChI is InChI=1S/C17H23N3O7/c1-17(16(26)27,8-10-2-4-11(18)5-3-10)20-13(21)9-19-12(15(24)25)6-7-14(22)23/h2-5,12,19H,6-9,18H2,1H3,(H,20,21)(H,22,23)(H,24,25)(H,26,27)/t12-,17-/m0/s1. The van der Waals surface area contributed by atoms with E-state index in [2.05, 4.69) is 10.6 Å². The maximum atomic E-state index is 12.1. The molecule has 0 aliphatic heterocycles. The van der Waals surface area contributed by atoms with Gasteiger partial charge in [0, 0.05) is 18.5 Å². The molecule has 0 bridgehead atoms. The molecule has 0 saturated carbocycles. The zero-order valence-corrected chi connectivity index (χ0v) is 14.8. The zero-order valence-electron chi connectivity index (χ0n) is 14.8. The third-order valence-corrected chi connectivity index (χ3v) is 3.88. The number of anilines is 1. The number of carboxylic acids is 3. The van der Waals surface area contributed by atoms with Crippen LogP contribution in [0.1, 0.15) is 25.3 Å². The van der Waals surface area contributed by atoms with Crippen molar-refractivity contribution >= 4 is 29.5 Å². The fourth-order valence-corrected chi connectivity index (χ4v) is 2.37. The Hall–Kier alpha value is -3.14. The normalized spacial score (nSPS) is 14.0. The van der Waals surface area contributed by atoms with Crippen LogP contribution in [0.2, 0.25) is 0 Å². The van der Waals surface area contributed by atoms with Crippen LogP contribution in [0.3, 0.4) is 0 Å². The molecule has 0 aliphatic rings. The second-order valence-corrected chi connectivity index (χ2v) is 6.31. The molecule has 0 aliphatic carbocycles. The highest BCUT2D eigenvalue weighted by atomic mass is 16.4. The Labute approximate surface area is 155 Å². The average molecular weight is 381 g/mol. The Kier molecular flexibility index (Phi) is 7.73. The quantitative estimate of drug-likeness (QED) is 0.280. The van der Waals surface area contributed by atoms with Crippen molar-refractivity contribution in [2.45, 2.75) is 37.8 Å². The van der Waals surface area contributed by atoms with Gasteiger partial charge < -0.3 is 26.4 Å². The maximum absolute atomic E-state index is 12.1. The summed E-state index contributed by atoms with van der Waals surface area (Å²) < 4.78 is 0. The molecule has 0 spiro atoms. The summed E-state index contributed by atoms with van der Waals surface area (Å²) in [7, 11) is 0. The largest absolute Gasteiger partial charge is 0.481 e. The van der Waals surface area contributed by atoms with E-state index >= 15 is 0 Å². The number of amides is 1. The first-order valence-corrected chi connectivity index (χ1v) is 8.10. The Bertz CT molecular complexity index is 705. The first-order chi connectivity index (χ1) is 12.5. The Morgan fingerprint density at radius 2 is 1.70 bits per heavy atom. The van der Waals surface area contributed by atoms with Gasteiger partial charge in [-0.25, -0.2) is 4.79 Å². The molecule has 2 atom stereocenters. The van der Waals surface area contributed by atoms with Gasteiger partial charge in [-0.1, -0.05) is 12.1 Å². The smallest absolute Gasteiger partial charge is 0.329 e. The first kappa shape index (κ1) is 21.9. The van der Waals surface area contributed by atoms with Gasteiger partial charge in [-0.15, -0.1) is 0 Å². The topological polar surface area (TPSA) is 179 Å². The van der Waals surface area contributed by atoms with E-state index in [1.54, 1.807) is 24.3 Å². The van der Waals surface area contributed by atoms with Crippen LogP contribution in [0.5, 0.6) is 0 Å². The highest BCUT2D eigenvalue weighted by molar-refractivity contribution is 5.88. The molecule has 0 saturated heterocycles. The molecule has 10 heteroatoms. The number of rotatable bonds is 11. The second-order valence-electron chi connectivity index (χ2n) is 6.31. The van der Waals surface area contributed by atoms with Gasteiger partial charge >= 0.3 is 17.9 Å². The molecule has 0 radical (unpaired) electrons. The van der Waals surface area contributed by atoms with Crippen molar-refractivity contribution in [1.82, 2.24) is 10.6 Å². The van der Waals surface area contributed by atoms with Gasteiger partial charge in [-0.3, -0.25) is 19.7 Å². The lowest BCUT2D eigenvalue weighted by Crippen LogP contribution is -2.56. The minimum atomic E-state index is -1.62. The van der Waals surface area contributed by atoms with E-state index in [0.717, 1.165) is 0 Å². The van der Waals surface area contributed by atoms with Gasteiger partial charge in [0.1, 0.15) is 11.6 Å². The Balaban J connectivity index is 2.71. The van der Waals surface area contributed by atoms with Crippen LogP contribution >= 0.6 is 0 Å². The van der Waals surface area contributed by atoms with Crippen molar-refractivity contribution in [2.75, 3.05) is 12.3 Å². The van der Waals surface area contributed by atoms with Crippen LogP contribution in [0.15, 0.2) is 24.3 Å². The Morgan fingerprint density at radius 1 is 1.11 bits per heavy atom. The molecule has 0 fully saturated rings. The molecule has 0 aromatic heterocycles. The van der Waals surface area contributed by atoms with Crippen molar-refractivity contribution in [3.05, 3.63) is 29.8 Å². The number of nitrogens with two attached hydrogens (primary N) is 1. The van der Waals surface area contributed by atoms with Gasteiger partial charge in [-0.2, -0.15) is 0 Å². The number of carbonyl (C=O) groups is 4. The predicted molar refractivity (Wildman–Crippen MR) is 95.0 cm³/mol. The summed E-state index contributed by atoms with van der Waals surface area (Å²) in [6.07, 6.45) is -0.592. The van der Waals surface area contributed by atoms with Crippen LogP contribution in [0.4, 0.5) is 5.69 Å². The lowest BCUT2D eigenvalue weighted by molar-refractivity contribution is -0.147. The summed E-state index contributed by atoms with van der Waals surface area (Å²) >= 11 is 0. The van der Waals surface area contributed by atoms with Gasteiger partial charge in [0.05, 0.1) is 6.54 Å². The minimum Gasteiger partial charge on any atom is -0.481 e. The minimum absolute atomic E-state index is 0.00424. The van der Waals surface area contributed by atoms with E-state index in [0.29, 0.717) is 11.3 Å². The van der Waals surface area contributed by atoms with Gasteiger partial charge in [-0.05, 0) is 31.0 Å². The van der Waals surface area contributed by atoms with Crippen molar-refractivity contribution in [1.29, 1.82) is 0 Å². The van der Waals surface area contributed by atoms with Crippen LogP contribution in [-0.2, 0) is 25.6 Å². The first-order valence-electron chi connectivity index (χ1n) is 8.10. The molecule has 1 aromatic rings. The van der Waals surface area contributed by atoms with E-state index in [1.807, 2.05) is 0 Å². The number of nitrogen functional groups attached to an aromatic ring is 1. The molecule has 27 heavy (non-hydrogen) atoms. The highest BCUT2D eigenvalue weighted by Crippen LogP contribution is 2.15. The van der Waals surface area contributed by atoms with Crippen molar-refractivity contribution in [3.63, 3.8) is 0 Å². The monoisotopic (exact) mass is 381 g/mol. The van der Waals surface area contributed by atoms with E-state index < -0.39 is 41.9 Å². The summed E-state index contributed by atoms with van der Waals surface area (Å²) in [6.45, 7) is 0.865. The van der Waals surface area contributed by atoms with Crippen LogP contribution < -0.4 is 16.4 Å². The SMILES string of the molecule is C[C@@](Cc1ccc(N)cc1)(NC(=O)CN[C@@H](CCC(=O)O)C(=O)O)C(=O)O. The summed E-state index contributed by atoms with van der Waals surface area (Å²) in [4.78, 5) is 45.4. The number of carbonyl (C=O) groups excluding carboxylic acids is 1. The molecule has 1 rings (SSSR count). The molecule has 0 heterocycles. The number of hydrogen-bond donors (Lipinski definition) is 6. The van der Waals surface area contributed by atoms with Crippen LogP contribution in [-0.4, -0.2) is 57.3 Å². The fraction of sp³-hybridized carbons (Fsp3) is 0.412. The Morgan fingerprint density at radius 3 is 2.19 bits per heavy atom. The number of carboxylic acid groups (broad SMARTS) is 3. The molecule has 1 aromatic carbocycles. The van der Waals surface area contributed by atoms with Gasteiger partial charge in [0.2, 0.25) is 5.91 Å². The third-order valence-electron chi connectivity index (χ3n) is 3.88. The van der Waals surface area contributed by atoms with Crippen LogP contribution in [0.25, 0.3) is 0 Å². The van der Waals surface area contributed by atoms with E-state index in [1.165, 1.54) is 6.92 Å². The van der Waals surface area contributed by atoms with E-state index in [4.69, 9.17) is 15.9 Å². The van der Waals surface area contributed by atoms with Crippen molar-refractivity contribution in [2.24, 2.45) is 0 Å². The molecule has 7 N–H and O–H groups in total. The summed E-state index contributed by atoms with van der Waals surface area (Å²) in [6, 6.07) is 5.28. The lowest BCUT2D eigenvalue weighted by Gasteiger charge is -2.27. The van der Waals surface area contributed by atoms with Gasteiger partial charge in [0.15, 0.2) is 0 Å².